The second-order valence-corrected chi connectivity index (χ2v) is 6.87. The van der Waals surface area contributed by atoms with Crippen molar-refractivity contribution in [1.29, 1.82) is 0 Å². The van der Waals surface area contributed by atoms with Gasteiger partial charge >= 0.3 is 0 Å². The normalized spacial score (nSPS) is 32.6. The average Bonchev–Trinajstić information content (AvgIpc) is 2.81. The number of rotatable bonds is 3. The molecule has 1 unspecified atom stereocenters. The van der Waals surface area contributed by atoms with Crippen LogP contribution in [0.5, 0.6) is 0 Å². The number of nitrogens with two attached hydrogens (primary N) is 1. The summed E-state index contributed by atoms with van der Waals surface area (Å²) in [4.78, 5) is 2.65. The highest BCUT2D eigenvalue weighted by Gasteiger charge is 2.56. The van der Waals surface area contributed by atoms with Crippen LogP contribution < -0.4 is 5.73 Å². The molecule has 0 aromatic rings. The zero-order chi connectivity index (χ0) is 11.3. The predicted octanol–water partition coefficient (Wildman–Crippen LogP) is 2.24. The third-order valence-electron chi connectivity index (χ3n) is 5.07. The first-order chi connectivity index (χ1) is 6.83. The van der Waals surface area contributed by atoms with Gasteiger partial charge in [-0.25, -0.2) is 0 Å². The van der Waals surface area contributed by atoms with Crippen LogP contribution in [-0.4, -0.2) is 30.1 Å². The van der Waals surface area contributed by atoms with E-state index in [-0.39, 0.29) is 5.54 Å². The minimum atomic E-state index is 0.237. The van der Waals surface area contributed by atoms with Crippen LogP contribution in [0.3, 0.4) is 0 Å². The van der Waals surface area contributed by atoms with Gasteiger partial charge in [-0.05, 0) is 43.6 Å². The van der Waals surface area contributed by atoms with Gasteiger partial charge in [-0.3, -0.25) is 4.90 Å². The van der Waals surface area contributed by atoms with Crippen molar-refractivity contribution in [2.24, 2.45) is 16.6 Å². The van der Waals surface area contributed by atoms with Gasteiger partial charge in [0.15, 0.2) is 0 Å². The standard InChI is InChI=1S/C13H26N2/c1-11(2)7-8-15(10-11)13(4,9-14)12(3)5-6-12/h5-10,14H2,1-4H3. The third kappa shape index (κ3) is 1.72. The van der Waals surface area contributed by atoms with E-state index in [1.165, 1.54) is 32.4 Å². The van der Waals surface area contributed by atoms with Crippen LogP contribution in [-0.2, 0) is 0 Å². The van der Waals surface area contributed by atoms with Gasteiger partial charge in [-0.2, -0.15) is 0 Å². The molecule has 88 valence electrons. The summed E-state index contributed by atoms with van der Waals surface area (Å²) in [5.41, 5.74) is 7.27. The number of nitrogens with zero attached hydrogens (tertiary/aromatic N) is 1. The summed E-state index contributed by atoms with van der Waals surface area (Å²) in [6.45, 7) is 12.8. The Morgan fingerprint density at radius 1 is 1.20 bits per heavy atom. The van der Waals surface area contributed by atoms with Gasteiger partial charge in [0.05, 0.1) is 0 Å². The van der Waals surface area contributed by atoms with E-state index in [0.29, 0.717) is 10.8 Å². The molecule has 0 amide bonds. The maximum absolute atomic E-state index is 6.06. The fourth-order valence-electron chi connectivity index (χ4n) is 3.02. The van der Waals surface area contributed by atoms with Gasteiger partial charge in [0.1, 0.15) is 0 Å². The van der Waals surface area contributed by atoms with Crippen LogP contribution in [0.4, 0.5) is 0 Å². The van der Waals surface area contributed by atoms with Crippen molar-refractivity contribution in [2.45, 2.75) is 52.5 Å². The van der Waals surface area contributed by atoms with E-state index in [0.717, 1.165) is 6.54 Å². The van der Waals surface area contributed by atoms with Crippen LogP contribution in [0.1, 0.15) is 47.0 Å². The van der Waals surface area contributed by atoms with Gasteiger partial charge in [0.2, 0.25) is 0 Å². The molecule has 0 bridgehead atoms. The van der Waals surface area contributed by atoms with E-state index in [9.17, 15) is 0 Å². The summed E-state index contributed by atoms with van der Waals surface area (Å²) in [5.74, 6) is 0. The maximum atomic E-state index is 6.06. The van der Waals surface area contributed by atoms with E-state index < -0.39 is 0 Å². The second-order valence-electron chi connectivity index (χ2n) is 6.87. The Hall–Kier alpha value is -0.0800. The minimum Gasteiger partial charge on any atom is -0.329 e. The molecule has 0 radical (unpaired) electrons. The lowest BCUT2D eigenvalue weighted by atomic mass is 9.82. The topological polar surface area (TPSA) is 29.3 Å². The molecule has 1 heterocycles. The van der Waals surface area contributed by atoms with Crippen molar-refractivity contribution in [3.8, 4) is 0 Å². The largest absolute Gasteiger partial charge is 0.329 e. The summed E-state index contributed by atoms with van der Waals surface area (Å²) in [6.07, 6.45) is 4.04. The molecule has 0 aromatic heterocycles. The summed E-state index contributed by atoms with van der Waals surface area (Å²) in [6, 6.07) is 0. The van der Waals surface area contributed by atoms with E-state index in [2.05, 4.69) is 32.6 Å². The first-order valence-corrected chi connectivity index (χ1v) is 6.28. The van der Waals surface area contributed by atoms with Crippen molar-refractivity contribution in [2.75, 3.05) is 19.6 Å². The number of hydrogen-bond acceptors (Lipinski definition) is 2. The Balaban J connectivity index is 2.14. The highest BCUT2D eigenvalue weighted by molar-refractivity contribution is 5.11. The number of hydrogen-bond donors (Lipinski definition) is 1. The van der Waals surface area contributed by atoms with E-state index in [1.54, 1.807) is 0 Å². The maximum Gasteiger partial charge on any atom is 0.0357 e. The van der Waals surface area contributed by atoms with Crippen molar-refractivity contribution in [3.05, 3.63) is 0 Å². The molecule has 2 rings (SSSR count). The molecular weight excluding hydrogens is 184 g/mol. The molecule has 15 heavy (non-hydrogen) atoms. The average molecular weight is 210 g/mol. The highest BCUT2D eigenvalue weighted by atomic mass is 15.2. The molecule has 2 aliphatic rings. The molecule has 2 N–H and O–H groups in total. The first kappa shape index (κ1) is 11.4. The van der Waals surface area contributed by atoms with E-state index >= 15 is 0 Å². The molecule has 2 fully saturated rings. The van der Waals surface area contributed by atoms with Crippen LogP contribution in [0.15, 0.2) is 0 Å². The monoisotopic (exact) mass is 210 g/mol. The second kappa shape index (κ2) is 3.21. The molecule has 2 heteroatoms. The Bertz CT molecular complexity index is 255. The van der Waals surface area contributed by atoms with Gasteiger partial charge in [0, 0.05) is 18.6 Å². The molecule has 1 saturated heterocycles. The van der Waals surface area contributed by atoms with Crippen molar-refractivity contribution >= 4 is 0 Å². The van der Waals surface area contributed by atoms with Crippen LogP contribution in [0.2, 0.25) is 0 Å². The minimum absolute atomic E-state index is 0.237. The molecule has 1 aliphatic heterocycles. The van der Waals surface area contributed by atoms with Crippen LogP contribution >= 0.6 is 0 Å². The van der Waals surface area contributed by atoms with Crippen molar-refractivity contribution in [1.82, 2.24) is 4.90 Å². The predicted molar refractivity (Wildman–Crippen MR) is 64.8 cm³/mol. The Morgan fingerprint density at radius 3 is 2.13 bits per heavy atom. The molecule has 2 nitrogen and oxygen atoms in total. The molecular formula is C13H26N2. The van der Waals surface area contributed by atoms with Gasteiger partial charge in [0.25, 0.3) is 0 Å². The number of likely N-dealkylation sites (tertiary alicyclic amines) is 1. The van der Waals surface area contributed by atoms with Gasteiger partial charge < -0.3 is 5.73 Å². The van der Waals surface area contributed by atoms with Gasteiger partial charge in [-0.15, -0.1) is 0 Å². The molecule has 1 saturated carbocycles. The Morgan fingerprint density at radius 2 is 1.80 bits per heavy atom. The van der Waals surface area contributed by atoms with E-state index in [4.69, 9.17) is 5.73 Å². The fraction of sp³-hybridized carbons (Fsp3) is 1.00. The fourth-order valence-corrected chi connectivity index (χ4v) is 3.02. The van der Waals surface area contributed by atoms with Gasteiger partial charge in [-0.1, -0.05) is 20.8 Å². The summed E-state index contributed by atoms with van der Waals surface area (Å²) >= 11 is 0. The highest BCUT2D eigenvalue weighted by Crippen LogP contribution is 2.56. The summed E-state index contributed by atoms with van der Waals surface area (Å²) in [5, 5.41) is 0. The Kier molecular flexibility index (Phi) is 2.44. The van der Waals surface area contributed by atoms with Crippen LogP contribution in [0, 0.1) is 10.8 Å². The zero-order valence-electron chi connectivity index (χ0n) is 10.8. The SMILES string of the molecule is CC1(C)CCN(C(C)(CN)C2(C)CC2)C1. The zero-order valence-corrected chi connectivity index (χ0v) is 10.8. The first-order valence-electron chi connectivity index (χ1n) is 6.28. The summed E-state index contributed by atoms with van der Waals surface area (Å²) in [7, 11) is 0. The molecule has 0 aromatic carbocycles. The van der Waals surface area contributed by atoms with E-state index in [1.807, 2.05) is 0 Å². The quantitative estimate of drug-likeness (QED) is 0.774. The summed E-state index contributed by atoms with van der Waals surface area (Å²) < 4.78 is 0. The van der Waals surface area contributed by atoms with Crippen molar-refractivity contribution < 1.29 is 0 Å². The smallest absolute Gasteiger partial charge is 0.0357 e. The van der Waals surface area contributed by atoms with Crippen LogP contribution in [0.25, 0.3) is 0 Å². The lowest BCUT2D eigenvalue weighted by molar-refractivity contribution is 0.0617. The lowest BCUT2D eigenvalue weighted by Crippen LogP contribution is -2.56. The lowest BCUT2D eigenvalue weighted by Gasteiger charge is -2.44. The van der Waals surface area contributed by atoms with Crippen molar-refractivity contribution in [3.63, 3.8) is 0 Å². The molecule has 1 aliphatic carbocycles. The molecule has 0 spiro atoms. The Labute approximate surface area is 94.2 Å². The third-order valence-corrected chi connectivity index (χ3v) is 5.07. The molecule has 1 atom stereocenters.